The third kappa shape index (κ3) is 1.72. The van der Waals surface area contributed by atoms with E-state index >= 15 is 0 Å². The van der Waals surface area contributed by atoms with E-state index in [9.17, 15) is 0 Å². The Kier molecular flexibility index (Phi) is 3.71. The summed E-state index contributed by atoms with van der Waals surface area (Å²) in [4.78, 5) is 0. The average Bonchev–Trinajstić information content (AvgIpc) is 2.43. The largest absolute Gasteiger partial charge is 1.00 e. The quantitative estimate of drug-likeness (QED) is 0.488. The Balaban J connectivity index is 0.000000980. The molecule has 0 fully saturated rings. The minimum atomic E-state index is 0. The molecule has 1 heterocycles. The first-order chi connectivity index (χ1) is 6.24. The Morgan fingerprint density at radius 3 is 2.71 bits per heavy atom. The zero-order valence-corrected chi connectivity index (χ0v) is 11.3. The highest BCUT2D eigenvalue weighted by molar-refractivity contribution is 7.18. The molecular formula is C10H12INOS. The summed E-state index contributed by atoms with van der Waals surface area (Å²) < 4.78 is 8.75. The summed E-state index contributed by atoms with van der Waals surface area (Å²) in [6.07, 6.45) is 0. The number of halogens is 1. The first-order valence-corrected chi connectivity index (χ1v) is 4.98. The van der Waals surface area contributed by atoms with E-state index in [-0.39, 0.29) is 24.0 Å². The van der Waals surface area contributed by atoms with Crippen LogP contribution in [-0.4, -0.2) is 7.11 Å². The highest BCUT2D eigenvalue weighted by atomic mass is 127. The molecule has 0 saturated carbocycles. The number of methoxy groups -OCH3 is 1. The predicted octanol–water partition coefficient (Wildman–Crippen LogP) is -0.953. The fraction of sp³-hybridized carbons (Fsp3) is 0.300. The molecule has 0 amide bonds. The summed E-state index contributed by atoms with van der Waals surface area (Å²) in [5, 5.41) is 1.29. The second-order valence-corrected chi connectivity index (χ2v) is 4.22. The van der Waals surface area contributed by atoms with Gasteiger partial charge >= 0.3 is 0 Å². The molecule has 14 heavy (non-hydrogen) atoms. The minimum absolute atomic E-state index is 0. The second kappa shape index (κ2) is 4.44. The fourth-order valence-electron chi connectivity index (χ4n) is 1.46. The summed E-state index contributed by atoms with van der Waals surface area (Å²) in [5.74, 6) is 0.948. The number of aromatic nitrogens is 1. The summed E-state index contributed by atoms with van der Waals surface area (Å²) in [7, 11) is 3.78. The van der Waals surface area contributed by atoms with Gasteiger partial charge in [0.15, 0.2) is 5.75 Å². The minimum Gasteiger partial charge on any atom is -1.00 e. The Morgan fingerprint density at radius 1 is 1.36 bits per heavy atom. The number of aryl methyl sites for hydroxylation is 2. The lowest BCUT2D eigenvalue weighted by atomic mass is 10.3. The van der Waals surface area contributed by atoms with Gasteiger partial charge in [-0.1, -0.05) is 17.4 Å². The molecule has 0 aliphatic rings. The van der Waals surface area contributed by atoms with Crippen molar-refractivity contribution < 1.29 is 33.3 Å². The van der Waals surface area contributed by atoms with Crippen LogP contribution in [-0.2, 0) is 7.05 Å². The van der Waals surface area contributed by atoms with Gasteiger partial charge in [0, 0.05) is 6.92 Å². The standard InChI is InChI=1S/C10H12NOS.HI/c1-7-11(2)10-8(12-3)5-4-6-9(10)13-7;/h4-6H,1-3H3;1H/q+1;/p-1. The maximum absolute atomic E-state index is 5.31. The van der Waals surface area contributed by atoms with Gasteiger partial charge in [0.1, 0.15) is 11.7 Å². The van der Waals surface area contributed by atoms with Gasteiger partial charge < -0.3 is 28.7 Å². The Labute approximate surface area is 105 Å². The van der Waals surface area contributed by atoms with E-state index in [4.69, 9.17) is 4.74 Å². The molecule has 0 saturated heterocycles. The third-order valence-electron chi connectivity index (χ3n) is 2.25. The van der Waals surface area contributed by atoms with Gasteiger partial charge in [-0.3, -0.25) is 0 Å². The first kappa shape index (κ1) is 11.7. The lowest BCUT2D eigenvalue weighted by Gasteiger charge is -1.96. The van der Waals surface area contributed by atoms with Crippen molar-refractivity contribution in [2.24, 2.45) is 7.05 Å². The molecule has 4 heteroatoms. The number of para-hydroxylation sites is 1. The first-order valence-electron chi connectivity index (χ1n) is 4.16. The van der Waals surface area contributed by atoms with E-state index < -0.39 is 0 Å². The van der Waals surface area contributed by atoms with Crippen LogP contribution >= 0.6 is 11.3 Å². The zero-order chi connectivity index (χ0) is 9.42. The van der Waals surface area contributed by atoms with Crippen molar-refractivity contribution >= 4 is 21.6 Å². The molecule has 0 radical (unpaired) electrons. The van der Waals surface area contributed by atoms with Crippen LogP contribution < -0.4 is 33.3 Å². The monoisotopic (exact) mass is 321 g/mol. The summed E-state index contributed by atoms with van der Waals surface area (Å²) >= 11 is 1.79. The van der Waals surface area contributed by atoms with Gasteiger partial charge in [-0.25, -0.2) is 0 Å². The number of fused-ring (bicyclic) bond motifs is 1. The molecule has 0 aliphatic carbocycles. The molecule has 0 atom stereocenters. The molecule has 1 aromatic heterocycles. The average molecular weight is 321 g/mol. The molecule has 0 N–H and O–H groups in total. The van der Waals surface area contributed by atoms with E-state index in [2.05, 4.69) is 24.6 Å². The van der Waals surface area contributed by atoms with Gasteiger partial charge in [0.05, 0.1) is 7.11 Å². The van der Waals surface area contributed by atoms with E-state index in [1.54, 1.807) is 18.4 Å². The smallest absolute Gasteiger partial charge is 0.265 e. The van der Waals surface area contributed by atoms with E-state index in [1.807, 2.05) is 12.1 Å². The topological polar surface area (TPSA) is 13.1 Å². The zero-order valence-electron chi connectivity index (χ0n) is 8.37. The van der Waals surface area contributed by atoms with Crippen LogP contribution in [0.25, 0.3) is 10.2 Å². The number of nitrogens with zero attached hydrogens (tertiary/aromatic N) is 1. The summed E-state index contributed by atoms with van der Waals surface area (Å²) in [6, 6.07) is 6.14. The number of ether oxygens (including phenoxy) is 1. The highest BCUT2D eigenvalue weighted by Crippen LogP contribution is 2.27. The number of benzene rings is 1. The Hall–Kier alpha value is -0.360. The molecule has 2 aromatic rings. The third-order valence-corrected chi connectivity index (χ3v) is 3.37. The number of hydrogen-bond donors (Lipinski definition) is 0. The molecule has 0 aliphatic heterocycles. The van der Waals surface area contributed by atoms with Crippen molar-refractivity contribution in [3.8, 4) is 5.75 Å². The number of thiazole rings is 1. The SMILES string of the molecule is COc1cccc2sc(C)[n+](C)c12.[I-]. The van der Waals surface area contributed by atoms with Crippen molar-refractivity contribution in [3.63, 3.8) is 0 Å². The van der Waals surface area contributed by atoms with Crippen LogP contribution in [0.1, 0.15) is 5.01 Å². The Bertz CT molecular complexity index is 453. The van der Waals surface area contributed by atoms with Crippen molar-refractivity contribution in [2.45, 2.75) is 6.92 Å². The van der Waals surface area contributed by atoms with Crippen LogP contribution in [0, 0.1) is 6.92 Å². The van der Waals surface area contributed by atoms with Gasteiger partial charge in [-0.15, -0.1) is 0 Å². The molecule has 2 nitrogen and oxygen atoms in total. The molecule has 0 unspecified atom stereocenters. The number of rotatable bonds is 1. The fourth-order valence-corrected chi connectivity index (χ4v) is 2.49. The lowest BCUT2D eigenvalue weighted by molar-refractivity contribution is -0.646. The molecule has 0 spiro atoms. The lowest BCUT2D eigenvalue weighted by Crippen LogP contribution is -3.00. The van der Waals surface area contributed by atoms with Gasteiger partial charge in [0.25, 0.3) is 5.52 Å². The van der Waals surface area contributed by atoms with Crippen molar-refractivity contribution in [1.29, 1.82) is 0 Å². The van der Waals surface area contributed by atoms with Crippen LogP contribution in [0.15, 0.2) is 18.2 Å². The van der Waals surface area contributed by atoms with Gasteiger partial charge in [-0.05, 0) is 12.1 Å². The van der Waals surface area contributed by atoms with Gasteiger partial charge in [0.2, 0.25) is 5.01 Å². The predicted molar refractivity (Wildman–Crippen MR) is 54.3 cm³/mol. The number of hydrogen-bond acceptors (Lipinski definition) is 2. The van der Waals surface area contributed by atoms with Gasteiger partial charge in [-0.2, -0.15) is 4.57 Å². The van der Waals surface area contributed by atoms with Crippen molar-refractivity contribution in [2.75, 3.05) is 7.11 Å². The van der Waals surface area contributed by atoms with Crippen molar-refractivity contribution in [1.82, 2.24) is 0 Å². The maximum Gasteiger partial charge on any atom is 0.265 e. The summed E-state index contributed by atoms with van der Waals surface area (Å²) in [5.41, 5.74) is 1.19. The molecular weight excluding hydrogens is 309 g/mol. The normalized spacial score (nSPS) is 9.93. The van der Waals surface area contributed by atoms with E-state index in [0.29, 0.717) is 0 Å². The van der Waals surface area contributed by atoms with E-state index in [0.717, 1.165) is 5.75 Å². The van der Waals surface area contributed by atoms with Crippen molar-refractivity contribution in [3.05, 3.63) is 23.2 Å². The maximum atomic E-state index is 5.31. The van der Waals surface area contributed by atoms with Crippen LogP contribution in [0.3, 0.4) is 0 Å². The Morgan fingerprint density at radius 2 is 2.07 bits per heavy atom. The van der Waals surface area contributed by atoms with Crippen LogP contribution in [0.5, 0.6) is 5.75 Å². The second-order valence-electron chi connectivity index (χ2n) is 2.99. The molecule has 0 bridgehead atoms. The van der Waals surface area contributed by atoms with E-state index in [1.165, 1.54) is 15.2 Å². The van der Waals surface area contributed by atoms with Crippen LogP contribution in [0.2, 0.25) is 0 Å². The molecule has 1 aromatic carbocycles. The summed E-state index contributed by atoms with van der Waals surface area (Å²) in [6.45, 7) is 2.12. The van der Waals surface area contributed by atoms with Crippen LogP contribution in [0.4, 0.5) is 0 Å². The molecule has 2 rings (SSSR count). The highest BCUT2D eigenvalue weighted by Gasteiger charge is 2.16. The molecule has 76 valence electrons.